The number of carbonyl (C=O) groups is 1. The van der Waals surface area contributed by atoms with E-state index in [1.807, 2.05) is 6.92 Å². The molecule has 2 aromatic heterocycles. The molecule has 2 heterocycles. The number of ether oxygens (including phenoxy) is 1. The highest BCUT2D eigenvalue weighted by Crippen LogP contribution is 2.27. The monoisotopic (exact) mass is 452 g/mol. The number of ketones is 1. The van der Waals surface area contributed by atoms with Gasteiger partial charge in [-0.15, -0.1) is 0 Å². The van der Waals surface area contributed by atoms with Crippen LogP contribution in [0.1, 0.15) is 54.4 Å². The fraction of sp³-hybridized carbons (Fsp3) is 0.391. The average molecular weight is 452 g/mol. The van der Waals surface area contributed by atoms with Crippen LogP contribution in [0.3, 0.4) is 0 Å². The number of pyridine rings is 1. The zero-order chi connectivity index (χ0) is 23.4. The number of halogens is 4. The summed E-state index contributed by atoms with van der Waals surface area (Å²) in [7, 11) is 0. The van der Waals surface area contributed by atoms with E-state index in [9.17, 15) is 27.5 Å². The molecular weight excluding hydrogens is 428 g/mol. The zero-order valence-corrected chi connectivity index (χ0v) is 17.8. The van der Waals surface area contributed by atoms with Crippen LogP contribution in [-0.2, 0) is 6.61 Å². The minimum absolute atomic E-state index is 0.0859. The van der Waals surface area contributed by atoms with Gasteiger partial charge in [-0.25, -0.2) is 22.5 Å². The molecule has 3 aromatic rings. The molecule has 0 aliphatic heterocycles. The van der Waals surface area contributed by atoms with E-state index in [1.165, 1.54) is 10.5 Å². The fourth-order valence-electron chi connectivity index (χ4n) is 3.61. The molecule has 172 valence electrons. The van der Waals surface area contributed by atoms with E-state index in [4.69, 9.17) is 4.74 Å². The Morgan fingerprint density at radius 3 is 2.53 bits per heavy atom. The van der Waals surface area contributed by atoms with Crippen molar-refractivity contribution in [2.75, 3.05) is 6.61 Å². The summed E-state index contributed by atoms with van der Waals surface area (Å²) in [6, 6.07) is 3.16. The highest BCUT2D eigenvalue weighted by atomic mass is 19.2. The van der Waals surface area contributed by atoms with Gasteiger partial charge in [0.1, 0.15) is 12.3 Å². The standard InChI is InChI=1S/C23H24F4N2O3/c1-3-4-6-14(11-30)9-18(31)22-13(2)28-23-19(7-5-8-29(22)23)32-12-15-20(26)16(24)10-17(25)21(15)27/h5,7-8,10,14,30H,3-4,6,9,11-12H2,1-2H3/t14-/m0/s1. The number of unbranched alkanes of at least 4 members (excludes halogenated alkanes) is 1. The maximum absolute atomic E-state index is 13.9. The lowest BCUT2D eigenvalue weighted by Gasteiger charge is -2.13. The van der Waals surface area contributed by atoms with Gasteiger partial charge in [-0.2, -0.15) is 0 Å². The van der Waals surface area contributed by atoms with Gasteiger partial charge < -0.3 is 9.84 Å². The van der Waals surface area contributed by atoms with Crippen molar-refractivity contribution in [2.24, 2.45) is 5.92 Å². The van der Waals surface area contributed by atoms with Crippen molar-refractivity contribution in [3.63, 3.8) is 0 Å². The zero-order valence-electron chi connectivity index (χ0n) is 17.8. The molecule has 9 heteroatoms. The van der Waals surface area contributed by atoms with Crippen molar-refractivity contribution < 1.29 is 32.2 Å². The lowest BCUT2D eigenvalue weighted by molar-refractivity contribution is 0.0923. The second kappa shape index (κ2) is 10.1. The van der Waals surface area contributed by atoms with E-state index < -0.39 is 35.4 Å². The number of aliphatic hydroxyl groups is 1. The number of aromatic nitrogens is 2. The van der Waals surface area contributed by atoms with Crippen LogP contribution in [0.15, 0.2) is 24.4 Å². The van der Waals surface area contributed by atoms with Crippen LogP contribution >= 0.6 is 0 Å². The predicted octanol–water partition coefficient (Wildman–Crippen LogP) is 5.15. The largest absolute Gasteiger partial charge is 0.485 e. The summed E-state index contributed by atoms with van der Waals surface area (Å²) in [5.74, 6) is -6.39. The van der Waals surface area contributed by atoms with E-state index >= 15 is 0 Å². The molecule has 1 aromatic carbocycles. The third-order valence-electron chi connectivity index (χ3n) is 5.33. The number of fused-ring (bicyclic) bond motifs is 1. The van der Waals surface area contributed by atoms with Crippen molar-refractivity contribution in [1.29, 1.82) is 0 Å². The number of nitrogens with zero attached hydrogens (tertiary/aromatic N) is 2. The number of hydrogen-bond donors (Lipinski definition) is 1. The van der Waals surface area contributed by atoms with E-state index in [0.29, 0.717) is 11.4 Å². The first kappa shape index (κ1) is 23.7. The summed E-state index contributed by atoms with van der Waals surface area (Å²) in [6.07, 6.45) is 4.32. The van der Waals surface area contributed by atoms with Gasteiger partial charge in [0.05, 0.1) is 11.3 Å². The van der Waals surface area contributed by atoms with E-state index in [-0.39, 0.29) is 42.2 Å². The Labute approximate surface area is 182 Å². The lowest BCUT2D eigenvalue weighted by Crippen LogP contribution is -2.15. The van der Waals surface area contributed by atoms with Gasteiger partial charge in [0.25, 0.3) is 0 Å². The number of carbonyl (C=O) groups excluding carboxylic acids is 1. The van der Waals surface area contributed by atoms with Crippen LogP contribution in [0, 0.1) is 36.1 Å². The molecule has 0 spiro atoms. The molecule has 0 radical (unpaired) electrons. The summed E-state index contributed by atoms with van der Waals surface area (Å²) >= 11 is 0. The Balaban J connectivity index is 1.88. The van der Waals surface area contributed by atoms with Gasteiger partial charge in [0, 0.05) is 25.3 Å². The van der Waals surface area contributed by atoms with Crippen LogP contribution in [0.25, 0.3) is 5.65 Å². The van der Waals surface area contributed by atoms with E-state index in [1.54, 1.807) is 19.2 Å². The third-order valence-corrected chi connectivity index (χ3v) is 5.33. The number of aliphatic hydroxyl groups excluding tert-OH is 1. The lowest BCUT2D eigenvalue weighted by atomic mass is 9.95. The molecule has 0 saturated carbocycles. The molecule has 5 nitrogen and oxygen atoms in total. The summed E-state index contributed by atoms with van der Waals surface area (Å²) in [5, 5.41) is 9.58. The number of benzene rings is 1. The van der Waals surface area contributed by atoms with Crippen LogP contribution < -0.4 is 4.74 Å². The first-order chi connectivity index (χ1) is 15.3. The van der Waals surface area contributed by atoms with Crippen molar-refractivity contribution in [3.8, 4) is 5.75 Å². The first-order valence-electron chi connectivity index (χ1n) is 10.3. The Morgan fingerprint density at radius 2 is 1.91 bits per heavy atom. The number of hydrogen-bond acceptors (Lipinski definition) is 4. The van der Waals surface area contributed by atoms with Crippen molar-refractivity contribution in [2.45, 2.75) is 46.1 Å². The SMILES string of the molecule is CCCC[C@H](CO)CC(=O)c1c(C)nc2c(OCc3c(F)c(F)cc(F)c3F)cccn12. The molecule has 32 heavy (non-hydrogen) atoms. The molecule has 0 saturated heterocycles. The predicted molar refractivity (Wildman–Crippen MR) is 110 cm³/mol. The maximum atomic E-state index is 13.9. The molecule has 0 fully saturated rings. The first-order valence-corrected chi connectivity index (χ1v) is 10.3. The van der Waals surface area contributed by atoms with Gasteiger partial charge in [-0.3, -0.25) is 9.20 Å². The summed E-state index contributed by atoms with van der Waals surface area (Å²) in [6.45, 7) is 2.80. The Morgan fingerprint density at radius 1 is 1.22 bits per heavy atom. The number of imidazole rings is 1. The normalized spacial score (nSPS) is 12.3. The van der Waals surface area contributed by atoms with Gasteiger partial charge in [-0.1, -0.05) is 19.8 Å². The molecule has 0 aliphatic carbocycles. The molecule has 0 aliphatic rings. The summed E-state index contributed by atoms with van der Waals surface area (Å²) < 4.78 is 61.7. The number of aryl methyl sites for hydroxylation is 1. The number of rotatable bonds is 10. The second-order valence-corrected chi connectivity index (χ2v) is 7.67. The van der Waals surface area contributed by atoms with E-state index in [2.05, 4.69) is 4.98 Å². The average Bonchev–Trinajstić information content (AvgIpc) is 3.11. The number of Topliss-reactive ketones (excluding diaryl/α,β-unsaturated/α-hetero) is 1. The molecule has 0 unspecified atom stereocenters. The Kier molecular flexibility index (Phi) is 7.50. The Bertz CT molecular complexity index is 1100. The smallest absolute Gasteiger partial charge is 0.181 e. The minimum atomic E-state index is -1.53. The molecular formula is C23H24F4N2O3. The van der Waals surface area contributed by atoms with Crippen LogP contribution in [0.5, 0.6) is 5.75 Å². The molecule has 1 N–H and O–H groups in total. The highest BCUT2D eigenvalue weighted by Gasteiger charge is 2.23. The van der Waals surface area contributed by atoms with Gasteiger partial charge in [0.2, 0.25) is 0 Å². The van der Waals surface area contributed by atoms with Crippen molar-refractivity contribution in [1.82, 2.24) is 9.38 Å². The summed E-state index contributed by atoms with van der Waals surface area (Å²) in [4.78, 5) is 17.3. The second-order valence-electron chi connectivity index (χ2n) is 7.67. The van der Waals surface area contributed by atoms with Gasteiger partial charge in [-0.05, 0) is 31.4 Å². The van der Waals surface area contributed by atoms with Crippen LogP contribution in [0.4, 0.5) is 17.6 Å². The molecule has 0 amide bonds. The van der Waals surface area contributed by atoms with Crippen molar-refractivity contribution in [3.05, 3.63) is 64.6 Å². The fourth-order valence-corrected chi connectivity index (χ4v) is 3.61. The molecule has 3 rings (SSSR count). The van der Waals surface area contributed by atoms with Crippen LogP contribution in [0.2, 0.25) is 0 Å². The highest BCUT2D eigenvalue weighted by molar-refractivity contribution is 5.96. The topological polar surface area (TPSA) is 63.8 Å². The maximum Gasteiger partial charge on any atom is 0.181 e. The third kappa shape index (κ3) is 4.77. The van der Waals surface area contributed by atoms with Crippen LogP contribution in [-0.4, -0.2) is 26.9 Å². The Hall–Kier alpha value is -2.94. The molecule has 1 atom stereocenters. The molecule has 0 bridgehead atoms. The summed E-state index contributed by atoms with van der Waals surface area (Å²) in [5.41, 5.74) is 0.0768. The van der Waals surface area contributed by atoms with Crippen molar-refractivity contribution >= 4 is 11.4 Å². The van der Waals surface area contributed by atoms with Gasteiger partial charge in [0.15, 0.2) is 40.4 Å². The minimum Gasteiger partial charge on any atom is -0.485 e. The van der Waals surface area contributed by atoms with Gasteiger partial charge >= 0.3 is 0 Å². The van der Waals surface area contributed by atoms with E-state index in [0.717, 1.165) is 19.3 Å². The quantitative estimate of drug-likeness (QED) is 0.263.